The Bertz CT molecular complexity index is 1360. The Labute approximate surface area is 196 Å². The SMILES string of the molecule is Cc1c(N2C(=O)CS[C@@H]2c2cccc(Oc3ccccc3)c2)c(=O)n(-c2ccccc2)n1C. The summed E-state index contributed by atoms with van der Waals surface area (Å²) in [7, 11) is 1.84. The second kappa shape index (κ2) is 8.67. The molecule has 2 heterocycles. The first-order valence-electron chi connectivity index (χ1n) is 10.6. The van der Waals surface area contributed by atoms with Crippen LogP contribution in [0.25, 0.3) is 5.69 Å². The molecule has 0 unspecified atom stereocenters. The molecule has 1 aliphatic rings. The van der Waals surface area contributed by atoms with Crippen molar-refractivity contribution in [2.24, 2.45) is 7.05 Å². The molecule has 1 saturated heterocycles. The van der Waals surface area contributed by atoms with Crippen molar-refractivity contribution in [1.29, 1.82) is 0 Å². The van der Waals surface area contributed by atoms with Crippen molar-refractivity contribution in [3.05, 3.63) is 107 Å². The highest BCUT2D eigenvalue weighted by atomic mass is 32.2. The van der Waals surface area contributed by atoms with E-state index in [-0.39, 0.29) is 16.8 Å². The molecule has 1 amide bonds. The summed E-state index contributed by atoms with van der Waals surface area (Å²) < 4.78 is 9.40. The number of amides is 1. The second-order valence-electron chi connectivity index (χ2n) is 7.82. The molecule has 4 aromatic rings. The Morgan fingerprint density at radius 3 is 2.27 bits per heavy atom. The van der Waals surface area contributed by atoms with Crippen LogP contribution in [0.1, 0.15) is 16.6 Å². The predicted molar refractivity (Wildman–Crippen MR) is 131 cm³/mol. The van der Waals surface area contributed by atoms with Crippen molar-refractivity contribution >= 4 is 23.4 Å². The molecule has 0 N–H and O–H groups in total. The number of rotatable bonds is 5. The molecule has 1 aromatic heterocycles. The van der Waals surface area contributed by atoms with Crippen LogP contribution >= 0.6 is 11.8 Å². The summed E-state index contributed by atoms with van der Waals surface area (Å²) in [6.07, 6.45) is 0. The number of aromatic nitrogens is 2. The van der Waals surface area contributed by atoms with Crippen LogP contribution in [0.15, 0.2) is 89.7 Å². The highest BCUT2D eigenvalue weighted by Gasteiger charge is 2.38. The van der Waals surface area contributed by atoms with E-state index in [0.29, 0.717) is 17.2 Å². The van der Waals surface area contributed by atoms with Gasteiger partial charge in [-0.25, -0.2) is 4.68 Å². The Kier molecular flexibility index (Phi) is 5.56. The average Bonchev–Trinajstić information content (AvgIpc) is 3.31. The van der Waals surface area contributed by atoms with Crippen LogP contribution in [0.3, 0.4) is 0 Å². The van der Waals surface area contributed by atoms with E-state index in [4.69, 9.17) is 4.74 Å². The summed E-state index contributed by atoms with van der Waals surface area (Å²) in [5, 5.41) is -0.310. The number of anilines is 1. The zero-order valence-electron chi connectivity index (χ0n) is 18.3. The molecule has 5 rings (SSSR count). The van der Waals surface area contributed by atoms with Gasteiger partial charge in [-0.15, -0.1) is 11.8 Å². The van der Waals surface area contributed by atoms with Crippen LogP contribution in [-0.4, -0.2) is 21.0 Å². The highest BCUT2D eigenvalue weighted by Crippen LogP contribution is 2.42. The van der Waals surface area contributed by atoms with Gasteiger partial charge in [-0.3, -0.25) is 19.2 Å². The predicted octanol–water partition coefficient (Wildman–Crippen LogP) is 5.06. The molecule has 6 nitrogen and oxygen atoms in total. The van der Waals surface area contributed by atoms with E-state index < -0.39 is 0 Å². The van der Waals surface area contributed by atoms with Gasteiger partial charge < -0.3 is 4.74 Å². The lowest BCUT2D eigenvalue weighted by Gasteiger charge is -2.23. The first-order valence-corrected chi connectivity index (χ1v) is 11.7. The third-order valence-corrected chi connectivity index (χ3v) is 6.97. The zero-order chi connectivity index (χ0) is 22.9. The number of carbonyl (C=O) groups is 1. The van der Waals surface area contributed by atoms with Gasteiger partial charge in [-0.05, 0) is 48.9 Å². The van der Waals surface area contributed by atoms with Crippen LogP contribution < -0.4 is 15.2 Å². The summed E-state index contributed by atoms with van der Waals surface area (Å²) in [6, 6.07) is 26.7. The lowest BCUT2D eigenvalue weighted by atomic mass is 10.2. The van der Waals surface area contributed by atoms with E-state index in [1.165, 1.54) is 11.8 Å². The molecule has 7 heteroatoms. The van der Waals surface area contributed by atoms with Crippen LogP contribution in [-0.2, 0) is 11.8 Å². The second-order valence-corrected chi connectivity index (χ2v) is 8.89. The van der Waals surface area contributed by atoms with E-state index in [1.54, 1.807) is 14.3 Å². The van der Waals surface area contributed by atoms with E-state index in [9.17, 15) is 9.59 Å². The van der Waals surface area contributed by atoms with Gasteiger partial charge in [-0.2, -0.15) is 0 Å². The van der Waals surface area contributed by atoms with Gasteiger partial charge in [0, 0.05) is 7.05 Å². The van der Waals surface area contributed by atoms with Crippen molar-refractivity contribution in [3.8, 4) is 17.2 Å². The molecule has 33 heavy (non-hydrogen) atoms. The van der Waals surface area contributed by atoms with Gasteiger partial charge in [-0.1, -0.05) is 48.5 Å². The summed E-state index contributed by atoms with van der Waals surface area (Å²) in [5.41, 5.74) is 2.61. The summed E-state index contributed by atoms with van der Waals surface area (Å²) in [5.74, 6) is 1.66. The molecule has 1 aliphatic heterocycles. The number of para-hydroxylation sites is 2. The molecule has 1 fully saturated rings. The van der Waals surface area contributed by atoms with E-state index in [1.807, 2.05) is 98.9 Å². The molecular weight excluding hydrogens is 434 g/mol. The number of benzene rings is 3. The van der Waals surface area contributed by atoms with Crippen molar-refractivity contribution in [2.45, 2.75) is 12.3 Å². The van der Waals surface area contributed by atoms with Crippen molar-refractivity contribution in [2.75, 3.05) is 10.7 Å². The monoisotopic (exact) mass is 457 g/mol. The minimum absolute atomic E-state index is 0.0783. The first-order chi connectivity index (χ1) is 16.0. The fraction of sp³-hybridized carbons (Fsp3) is 0.154. The standard InChI is InChI=1S/C26H23N3O3S/c1-18-24(25(31)29(27(18)2)20-11-5-3-6-12-20)28-23(30)17-33-26(28)19-10-9-15-22(16-19)32-21-13-7-4-8-14-21/h3-16,26H,17H2,1-2H3/t26-/m1/s1. The summed E-state index contributed by atoms with van der Waals surface area (Å²) in [4.78, 5) is 28.2. The molecule has 3 aromatic carbocycles. The zero-order valence-corrected chi connectivity index (χ0v) is 19.2. The van der Waals surface area contributed by atoms with Gasteiger partial charge in [0.2, 0.25) is 5.91 Å². The molecule has 0 aliphatic carbocycles. The molecule has 166 valence electrons. The van der Waals surface area contributed by atoms with Crippen molar-refractivity contribution in [1.82, 2.24) is 9.36 Å². The highest BCUT2D eigenvalue weighted by molar-refractivity contribution is 8.00. The largest absolute Gasteiger partial charge is 0.457 e. The minimum atomic E-state index is -0.310. The van der Waals surface area contributed by atoms with Crippen LogP contribution in [0.2, 0.25) is 0 Å². The Hall–Kier alpha value is -3.71. The lowest BCUT2D eigenvalue weighted by Crippen LogP contribution is -2.33. The Morgan fingerprint density at radius 2 is 1.55 bits per heavy atom. The van der Waals surface area contributed by atoms with Gasteiger partial charge >= 0.3 is 0 Å². The number of ether oxygens (including phenoxy) is 1. The maximum absolute atomic E-state index is 13.5. The molecule has 1 atom stereocenters. The average molecular weight is 458 g/mol. The van der Waals surface area contributed by atoms with Crippen LogP contribution in [0.4, 0.5) is 5.69 Å². The maximum Gasteiger partial charge on any atom is 0.295 e. The van der Waals surface area contributed by atoms with Gasteiger partial charge in [0.15, 0.2) is 0 Å². The Balaban J connectivity index is 1.54. The number of hydrogen-bond acceptors (Lipinski definition) is 4. The summed E-state index contributed by atoms with van der Waals surface area (Å²) >= 11 is 1.51. The molecule has 0 saturated carbocycles. The number of nitrogens with zero attached hydrogens (tertiary/aromatic N) is 3. The van der Waals surface area contributed by atoms with Gasteiger partial charge in [0.05, 0.1) is 17.1 Å². The molecule has 0 spiro atoms. The molecular formula is C26H23N3O3S. The lowest BCUT2D eigenvalue weighted by molar-refractivity contribution is -0.115. The van der Waals surface area contributed by atoms with E-state index >= 15 is 0 Å². The number of carbonyl (C=O) groups excluding carboxylic acids is 1. The first kappa shape index (κ1) is 21.2. The van der Waals surface area contributed by atoms with Crippen molar-refractivity contribution in [3.63, 3.8) is 0 Å². The fourth-order valence-electron chi connectivity index (χ4n) is 4.10. The molecule has 0 bridgehead atoms. The third kappa shape index (κ3) is 3.85. The van der Waals surface area contributed by atoms with Crippen LogP contribution in [0, 0.1) is 6.92 Å². The number of thioether (sulfide) groups is 1. The third-order valence-electron chi connectivity index (χ3n) is 5.75. The maximum atomic E-state index is 13.5. The van der Waals surface area contributed by atoms with Gasteiger partial charge in [0.1, 0.15) is 22.6 Å². The van der Waals surface area contributed by atoms with E-state index in [2.05, 4.69) is 0 Å². The number of hydrogen-bond donors (Lipinski definition) is 0. The van der Waals surface area contributed by atoms with Crippen molar-refractivity contribution < 1.29 is 9.53 Å². The van der Waals surface area contributed by atoms with Crippen LogP contribution in [0.5, 0.6) is 11.5 Å². The fourth-order valence-corrected chi connectivity index (χ4v) is 5.25. The Morgan fingerprint density at radius 1 is 0.879 bits per heavy atom. The van der Waals surface area contributed by atoms with Gasteiger partial charge in [0.25, 0.3) is 5.56 Å². The smallest absolute Gasteiger partial charge is 0.295 e. The topological polar surface area (TPSA) is 56.5 Å². The molecule has 0 radical (unpaired) electrons. The quantitative estimate of drug-likeness (QED) is 0.421. The van der Waals surface area contributed by atoms with E-state index in [0.717, 1.165) is 22.7 Å². The minimum Gasteiger partial charge on any atom is -0.457 e. The summed E-state index contributed by atoms with van der Waals surface area (Å²) in [6.45, 7) is 1.87. The normalized spacial score (nSPS) is 15.8.